The molecule has 1 aromatic rings. The lowest BCUT2D eigenvalue weighted by atomic mass is 9.92. The summed E-state index contributed by atoms with van der Waals surface area (Å²) in [5, 5.41) is 12.2. The van der Waals surface area contributed by atoms with Crippen molar-refractivity contribution in [2.75, 3.05) is 18.1 Å². The molecule has 23 heavy (non-hydrogen) atoms. The highest BCUT2D eigenvalue weighted by atomic mass is 32.2. The standard InChI is InChI=1S/C17H23NO4S/c1-12(2)11-22-14-5-3-13(4-6-14)15(19)18-17(16(20)21)7-9-23-10-8-17/h3-6,12H,7-11H2,1-2H3,(H,18,19)(H,20,21). The second-order valence-electron chi connectivity index (χ2n) is 6.18. The third-order valence-corrected chi connectivity index (χ3v) is 4.79. The van der Waals surface area contributed by atoms with Gasteiger partial charge in [-0.2, -0.15) is 11.8 Å². The molecule has 0 radical (unpaired) electrons. The number of carboxylic acid groups (broad SMARTS) is 1. The lowest BCUT2D eigenvalue weighted by molar-refractivity contribution is -0.144. The van der Waals surface area contributed by atoms with Crippen LogP contribution in [0.3, 0.4) is 0 Å². The fourth-order valence-electron chi connectivity index (χ4n) is 2.37. The zero-order chi connectivity index (χ0) is 16.9. The number of hydrogen-bond donors (Lipinski definition) is 2. The molecule has 1 fully saturated rings. The maximum atomic E-state index is 12.4. The summed E-state index contributed by atoms with van der Waals surface area (Å²) >= 11 is 1.72. The first kappa shape index (κ1) is 17.7. The van der Waals surface area contributed by atoms with Gasteiger partial charge in [0.05, 0.1) is 6.61 Å². The van der Waals surface area contributed by atoms with Crippen LogP contribution in [0.15, 0.2) is 24.3 Å². The molecule has 0 spiro atoms. The van der Waals surface area contributed by atoms with E-state index in [-0.39, 0.29) is 5.91 Å². The van der Waals surface area contributed by atoms with Gasteiger partial charge in [-0.25, -0.2) is 4.79 Å². The fourth-order valence-corrected chi connectivity index (χ4v) is 3.56. The first-order valence-electron chi connectivity index (χ1n) is 7.79. The summed E-state index contributed by atoms with van der Waals surface area (Å²) in [6, 6.07) is 6.80. The van der Waals surface area contributed by atoms with Gasteiger partial charge in [-0.3, -0.25) is 4.79 Å². The van der Waals surface area contributed by atoms with Crippen LogP contribution in [0.1, 0.15) is 37.0 Å². The van der Waals surface area contributed by atoms with Crippen molar-refractivity contribution in [1.29, 1.82) is 0 Å². The minimum atomic E-state index is -1.14. The molecule has 0 atom stereocenters. The summed E-state index contributed by atoms with van der Waals surface area (Å²) in [5.74, 6) is 1.32. The molecule has 1 aromatic carbocycles. The molecule has 1 amide bonds. The van der Waals surface area contributed by atoms with Crippen molar-refractivity contribution in [3.63, 3.8) is 0 Å². The lowest BCUT2D eigenvalue weighted by Crippen LogP contribution is -2.56. The smallest absolute Gasteiger partial charge is 0.329 e. The van der Waals surface area contributed by atoms with Gasteiger partial charge < -0.3 is 15.2 Å². The lowest BCUT2D eigenvalue weighted by Gasteiger charge is -2.33. The highest BCUT2D eigenvalue weighted by Crippen LogP contribution is 2.28. The molecule has 1 aliphatic heterocycles. The Balaban J connectivity index is 2.03. The average Bonchev–Trinajstić information content (AvgIpc) is 2.54. The van der Waals surface area contributed by atoms with E-state index >= 15 is 0 Å². The van der Waals surface area contributed by atoms with Gasteiger partial charge in [0.1, 0.15) is 11.3 Å². The zero-order valence-electron chi connectivity index (χ0n) is 13.5. The number of thioether (sulfide) groups is 1. The molecule has 0 saturated carbocycles. The molecule has 1 aliphatic rings. The van der Waals surface area contributed by atoms with Gasteiger partial charge in [0.2, 0.25) is 0 Å². The quantitative estimate of drug-likeness (QED) is 0.835. The van der Waals surface area contributed by atoms with Crippen molar-refractivity contribution in [1.82, 2.24) is 5.32 Å². The Morgan fingerprint density at radius 1 is 1.26 bits per heavy atom. The zero-order valence-corrected chi connectivity index (χ0v) is 14.3. The Morgan fingerprint density at radius 2 is 1.87 bits per heavy atom. The summed E-state index contributed by atoms with van der Waals surface area (Å²) in [4.78, 5) is 24.0. The van der Waals surface area contributed by atoms with Crippen molar-refractivity contribution in [3.05, 3.63) is 29.8 Å². The molecule has 0 unspecified atom stereocenters. The first-order valence-corrected chi connectivity index (χ1v) is 8.95. The van der Waals surface area contributed by atoms with E-state index in [0.29, 0.717) is 36.7 Å². The number of carbonyl (C=O) groups is 2. The van der Waals surface area contributed by atoms with Gasteiger partial charge in [0.15, 0.2) is 0 Å². The summed E-state index contributed by atoms with van der Waals surface area (Å²) < 4.78 is 5.58. The van der Waals surface area contributed by atoms with E-state index in [1.54, 1.807) is 36.0 Å². The predicted octanol–water partition coefficient (Wildman–Crippen LogP) is 2.80. The molecule has 1 heterocycles. The largest absolute Gasteiger partial charge is 0.493 e. The van der Waals surface area contributed by atoms with Crippen LogP contribution in [0, 0.1) is 5.92 Å². The number of amides is 1. The number of aliphatic carboxylic acids is 1. The molecule has 5 nitrogen and oxygen atoms in total. The van der Waals surface area contributed by atoms with Gasteiger partial charge >= 0.3 is 5.97 Å². The van der Waals surface area contributed by atoms with Crippen molar-refractivity contribution >= 4 is 23.6 Å². The van der Waals surface area contributed by atoms with Crippen LogP contribution in [-0.2, 0) is 4.79 Å². The van der Waals surface area contributed by atoms with E-state index in [2.05, 4.69) is 19.2 Å². The van der Waals surface area contributed by atoms with Crippen LogP contribution in [-0.4, -0.2) is 40.6 Å². The molecule has 126 valence electrons. The molecule has 6 heteroatoms. The van der Waals surface area contributed by atoms with Crippen molar-refractivity contribution < 1.29 is 19.4 Å². The molecular weight excluding hydrogens is 314 g/mol. The highest BCUT2D eigenvalue weighted by Gasteiger charge is 2.41. The van der Waals surface area contributed by atoms with Crippen molar-refractivity contribution in [3.8, 4) is 5.75 Å². The van der Waals surface area contributed by atoms with Gasteiger partial charge in [0.25, 0.3) is 5.91 Å². The second-order valence-corrected chi connectivity index (χ2v) is 7.41. The molecule has 0 aliphatic carbocycles. The Kier molecular flexibility index (Phi) is 5.93. The Bertz CT molecular complexity index is 550. The van der Waals surface area contributed by atoms with Gasteiger partial charge in [-0.1, -0.05) is 13.8 Å². The third-order valence-electron chi connectivity index (χ3n) is 3.81. The summed E-state index contributed by atoms with van der Waals surface area (Å²) in [6.45, 7) is 4.75. The second kappa shape index (κ2) is 7.73. The topological polar surface area (TPSA) is 75.6 Å². The minimum Gasteiger partial charge on any atom is -0.493 e. The Morgan fingerprint density at radius 3 is 2.39 bits per heavy atom. The molecule has 2 rings (SSSR count). The number of hydrogen-bond acceptors (Lipinski definition) is 4. The summed E-state index contributed by atoms with van der Waals surface area (Å²) in [5.41, 5.74) is -0.699. The molecular formula is C17H23NO4S. The maximum absolute atomic E-state index is 12.4. The number of carboxylic acids is 1. The van der Waals surface area contributed by atoms with E-state index < -0.39 is 11.5 Å². The van der Waals surface area contributed by atoms with Crippen LogP contribution in [0.5, 0.6) is 5.75 Å². The van der Waals surface area contributed by atoms with Crippen LogP contribution in [0.4, 0.5) is 0 Å². The number of carbonyl (C=O) groups excluding carboxylic acids is 1. The van der Waals surface area contributed by atoms with Gasteiger partial charge in [0, 0.05) is 5.56 Å². The van der Waals surface area contributed by atoms with Crippen molar-refractivity contribution in [2.24, 2.45) is 5.92 Å². The average molecular weight is 337 g/mol. The van der Waals surface area contributed by atoms with E-state index in [0.717, 1.165) is 11.5 Å². The maximum Gasteiger partial charge on any atom is 0.329 e. The monoisotopic (exact) mass is 337 g/mol. The number of nitrogens with one attached hydrogen (secondary N) is 1. The predicted molar refractivity (Wildman–Crippen MR) is 91.2 cm³/mol. The highest BCUT2D eigenvalue weighted by molar-refractivity contribution is 7.99. The Hall–Kier alpha value is -1.69. The number of rotatable bonds is 6. The molecule has 0 aromatic heterocycles. The normalized spacial score (nSPS) is 16.8. The third kappa shape index (κ3) is 4.64. The van der Waals surface area contributed by atoms with Crippen LogP contribution in [0.2, 0.25) is 0 Å². The molecule has 2 N–H and O–H groups in total. The molecule has 1 saturated heterocycles. The van der Waals surface area contributed by atoms with Gasteiger partial charge in [-0.15, -0.1) is 0 Å². The summed E-state index contributed by atoms with van der Waals surface area (Å²) in [7, 11) is 0. The molecule has 0 bridgehead atoms. The van der Waals surface area contributed by atoms with Crippen molar-refractivity contribution in [2.45, 2.75) is 32.2 Å². The van der Waals surface area contributed by atoms with E-state index in [4.69, 9.17) is 4.74 Å². The van der Waals surface area contributed by atoms with E-state index in [9.17, 15) is 14.7 Å². The number of benzene rings is 1. The number of ether oxygens (including phenoxy) is 1. The van der Waals surface area contributed by atoms with Gasteiger partial charge in [-0.05, 0) is 54.5 Å². The fraction of sp³-hybridized carbons (Fsp3) is 0.529. The minimum absolute atomic E-state index is 0.352. The SMILES string of the molecule is CC(C)COc1ccc(C(=O)NC2(C(=O)O)CCSCC2)cc1. The Labute approximate surface area is 140 Å². The summed E-state index contributed by atoms with van der Waals surface area (Å²) in [6.07, 6.45) is 0.905. The van der Waals surface area contributed by atoms with Crippen LogP contribution < -0.4 is 10.1 Å². The van der Waals surface area contributed by atoms with Crippen LogP contribution >= 0.6 is 11.8 Å². The van der Waals surface area contributed by atoms with E-state index in [1.165, 1.54) is 0 Å². The van der Waals surface area contributed by atoms with Crippen LogP contribution in [0.25, 0.3) is 0 Å². The first-order chi connectivity index (χ1) is 10.9. The van der Waals surface area contributed by atoms with E-state index in [1.807, 2.05) is 0 Å².